The average Bonchev–Trinajstić information content (AvgIpc) is 2.80. The van der Waals surface area contributed by atoms with Gasteiger partial charge in [0.05, 0.1) is 18.4 Å². The van der Waals surface area contributed by atoms with Crippen LogP contribution in [0.1, 0.15) is 28.7 Å². The van der Waals surface area contributed by atoms with E-state index in [2.05, 4.69) is 10.1 Å². The number of rotatable bonds is 3. The summed E-state index contributed by atoms with van der Waals surface area (Å²) in [6, 6.07) is 6.54. The molecule has 21 heavy (non-hydrogen) atoms. The fourth-order valence-corrected chi connectivity index (χ4v) is 2.68. The van der Waals surface area contributed by atoms with Crippen molar-refractivity contribution in [1.82, 2.24) is 10.1 Å². The van der Waals surface area contributed by atoms with Crippen LogP contribution in [-0.4, -0.2) is 29.8 Å². The summed E-state index contributed by atoms with van der Waals surface area (Å²) in [5, 5.41) is 3.99. The Kier molecular flexibility index (Phi) is 4.03. The number of benzene rings is 1. The molecule has 0 saturated carbocycles. The van der Waals surface area contributed by atoms with E-state index in [9.17, 15) is 4.39 Å². The van der Waals surface area contributed by atoms with Crippen molar-refractivity contribution in [3.63, 3.8) is 0 Å². The van der Waals surface area contributed by atoms with Crippen LogP contribution in [0.2, 0.25) is 0 Å². The second-order valence-corrected chi connectivity index (χ2v) is 5.45. The molecule has 0 aliphatic carbocycles. The van der Waals surface area contributed by atoms with E-state index in [-0.39, 0.29) is 11.9 Å². The maximum absolute atomic E-state index is 13.0. The van der Waals surface area contributed by atoms with Crippen molar-refractivity contribution in [2.45, 2.75) is 26.5 Å². The maximum atomic E-state index is 13.0. The molecule has 1 fully saturated rings. The molecule has 0 N–H and O–H groups in total. The van der Waals surface area contributed by atoms with E-state index in [1.165, 1.54) is 12.1 Å². The predicted octanol–water partition coefficient (Wildman–Crippen LogP) is 3.00. The van der Waals surface area contributed by atoms with Crippen molar-refractivity contribution in [3.05, 3.63) is 52.7 Å². The number of aryl methyl sites for hydroxylation is 2. The monoisotopic (exact) mass is 290 g/mol. The molecule has 0 unspecified atom stereocenters. The highest BCUT2D eigenvalue weighted by Gasteiger charge is 2.23. The zero-order valence-corrected chi connectivity index (χ0v) is 12.3. The van der Waals surface area contributed by atoms with Crippen LogP contribution in [0.3, 0.4) is 0 Å². The first-order valence-electron chi connectivity index (χ1n) is 7.14. The minimum absolute atomic E-state index is 0.0141. The largest absolute Gasteiger partial charge is 0.371 e. The first-order valence-corrected chi connectivity index (χ1v) is 7.14. The Morgan fingerprint density at radius 3 is 2.71 bits per heavy atom. The normalized spacial score (nSPS) is 19.9. The van der Waals surface area contributed by atoms with Gasteiger partial charge in [-0.2, -0.15) is 0 Å². The van der Waals surface area contributed by atoms with Crippen molar-refractivity contribution < 1.29 is 13.7 Å². The van der Waals surface area contributed by atoms with Gasteiger partial charge in [-0.1, -0.05) is 17.3 Å². The third-order valence-corrected chi connectivity index (χ3v) is 3.96. The van der Waals surface area contributed by atoms with Gasteiger partial charge in [-0.05, 0) is 31.5 Å². The molecule has 0 radical (unpaired) electrons. The molecule has 5 heteroatoms. The Morgan fingerprint density at radius 2 is 2.05 bits per heavy atom. The van der Waals surface area contributed by atoms with Crippen molar-refractivity contribution in [1.29, 1.82) is 0 Å². The lowest BCUT2D eigenvalue weighted by Gasteiger charge is -2.33. The molecule has 0 amide bonds. The highest BCUT2D eigenvalue weighted by Crippen LogP contribution is 2.24. The van der Waals surface area contributed by atoms with Gasteiger partial charge in [0, 0.05) is 25.2 Å². The molecule has 2 aromatic rings. The van der Waals surface area contributed by atoms with E-state index >= 15 is 0 Å². The lowest BCUT2D eigenvalue weighted by Crippen LogP contribution is -2.38. The van der Waals surface area contributed by atoms with E-state index in [1.807, 2.05) is 13.8 Å². The van der Waals surface area contributed by atoms with Crippen molar-refractivity contribution in [3.8, 4) is 0 Å². The van der Waals surface area contributed by atoms with Gasteiger partial charge in [0.25, 0.3) is 0 Å². The maximum Gasteiger partial charge on any atom is 0.138 e. The SMILES string of the molecule is Cc1noc(C)c1CN1CCO[C@@H](c2ccc(F)cc2)C1. The lowest BCUT2D eigenvalue weighted by atomic mass is 10.1. The first kappa shape index (κ1) is 14.2. The second kappa shape index (κ2) is 5.95. The predicted molar refractivity (Wildman–Crippen MR) is 76.3 cm³/mol. The van der Waals surface area contributed by atoms with Crippen LogP contribution in [0.5, 0.6) is 0 Å². The van der Waals surface area contributed by atoms with E-state index in [1.54, 1.807) is 12.1 Å². The van der Waals surface area contributed by atoms with E-state index in [0.717, 1.165) is 42.2 Å². The van der Waals surface area contributed by atoms with Crippen LogP contribution < -0.4 is 0 Å². The summed E-state index contributed by atoms with van der Waals surface area (Å²) in [5.41, 5.74) is 3.10. The Morgan fingerprint density at radius 1 is 1.29 bits per heavy atom. The Bertz CT molecular complexity index is 590. The van der Waals surface area contributed by atoms with Crippen LogP contribution in [0.4, 0.5) is 4.39 Å². The molecule has 1 saturated heterocycles. The Balaban J connectivity index is 1.70. The summed E-state index contributed by atoms with van der Waals surface area (Å²) in [6.07, 6.45) is -0.0141. The molecule has 0 bridgehead atoms. The van der Waals surface area contributed by atoms with Gasteiger partial charge in [0.1, 0.15) is 11.6 Å². The smallest absolute Gasteiger partial charge is 0.138 e. The molecule has 112 valence electrons. The molecule has 1 aliphatic heterocycles. The molecule has 0 spiro atoms. The molecule has 2 heterocycles. The molecule has 1 aromatic carbocycles. The summed E-state index contributed by atoms with van der Waals surface area (Å²) in [7, 11) is 0. The highest BCUT2D eigenvalue weighted by atomic mass is 19.1. The lowest BCUT2D eigenvalue weighted by molar-refractivity contribution is -0.0331. The summed E-state index contributed by atoms with van der Waals surface area (Å²) >= 11 is 0. The number of hydrogen-bond donors (Lipinski definition) is 0. The van der Waals surface area contributed by atoms with Gasteiger partial charge in [0.15, 0.2) is 0 Å². The quantitative estimate of drug-likeness (QED) is 0.871. The number of hydrogen-bond acceptors (Lipinski definition) is 4. The third kappa shape index (κ3) is 3.14. The molecule has 3 rings (SSSR count). The van der Waals surface area contributed by atoms with Gasteiger partial charge in [-0.3, -0.25) is 4.90 Å². The van der Waals surface area contributed by atoms with E-state index in [0.29, 0.717) is 6.61 Å². The number of aromatic nitrogens is 1. The highest BCUT2D eigenvalue weighted by molar-refractivity contribution is 5.22. The molecular formula is C16H19FN2O2. The van der Waals surface area contributed by atoms with Crippen LogP contribution in [-0.2, 0) is 11.3 Å². The summed E-state index contributed by atoms with van der Waals surface area (Å²) in [4.78, 5) is 2.32. The minimum Gasteiger partial charge on any atom is -0.371 e. The molecule has 1 aliphatic rings. The number of morpholine rings is 1. The number of halogens is 1. The molecule has 4 nitrogen and oxygen atoms in total. The Hall–Kier alpha value is -1.72. The zero-order valence-electron chi connectivity index (χ0n) is 12.3. The summed E-state index contributed by atoms with van der Waals surface area (Å²) in [5.74, 6) is 0.652. The summed E-state index contributed by atoms with van der Waals surface area (Å²) < 4.78 is 24.0. The topological polar surface area (TPSA) is 38.5 Å². The van der Waals surface area contributed by atoms with Gasteiger partial charge in [-0.15, -0.1) is 0 Å². The molecular weight excluding hydrogens is 271 g/mol. The molecule has 1 atom stereocenters. The number of nitrogens with zero attached hydrogens (tertiary/aromatic N) is 2. The van der Waals surface area contributed by atoms with E-state index < -0.39 is 0 Å². The fourth-order valence-electron chi connectivity index (χ4n) is 2.68. The summed E-state index contributed by atoms with van der Waals surface area (Å²) in [6.45, 7) is 7.04. The third-order valence-electron chi connectivity index (χ3n) is 3.96. The van der Waals surface area contributed by atoms with Crippen molar-refractivity contribution in [2.75, 3.05) is 19.7 Å². The van der Waals surface area contributed by atoms with Gasteiger partial charge < -0.3 is 9.26 Å². The van der Waals surface area contributed by atoms with Gasteiger partial charge >= 0.3 is 0 Å². The van der Waals surface area contributed by atoms with Crippen LogP contribution in [0, 0.1) is 19.7 Å². The fraction of sp³-hybridized carbons (Fsp3) is 0.438. The van der Waals surface area contributed by atoms with Gasteiger partial charge in [-0.25, -0.2) is 4.39 Å². The van der Waals surface area contributed by atoms with Crippen molar-refractivity contribution in [2.24, 2.45) is 0 Å². The molecule has 1 aromatic heterocycles. The van der Waals surface area contributed by atoms with Crippen molar-refractivity contribution >= 4 is 0 Å². The standard InChI is InChI=1S/C16H19FN2O2/c1-11-15(12(2)21-18-11)9-19-7-8-20-16(10-19)13-3-5-14(17)6-4-13/h3-6,16H,7-10H2,1-2H3/t16-/m1/s1. The van der Waals surface area contributed by atoms with Gasteiger partial charge in [0.2, 0.25) is 0 Å². The van der Waals surface area contributed by atoms with Crippen LogP contribution >= 0.6 is 0 Å². The van der Waals surface area contributed by atoms with E-state index in [4.69, 9.17) is 9.26 Å². The zero-order chi connectivity index (χ0) is 14.8. The minimum atomic E-state index is -0.220. The average molecular weight is 290 g/mol. The second-order valence-electron chi connectivity index (χ2n) is 5.45. The first-order chi connectivity index (χ1) is 10.1. The van der Waals surface area contributed by atoms with Crippen LogP contribution in [0.15, 0.2) is 28.8 Å². The van der Waals surface area contributed by atoms with Crippen LogP contribution in [0.25, 0.3) is 0 Å². The number of ether oxygens (including phenoxy) is 1. The Labute approximate surface area is 123 Å².